The van der Waals surface area contributed by atoms with Crippen LogP contribution in [0.5, 0.6) is 5.75 Å². The van der Waals surface area contributed by atoms with Gasteiger partial charge >= 0.3 is 11.3 Å². The Hall–Kier alpha value is -2.86. The molecule has 0 aliphatic heterocycles. The first-order valence-corrected chi connectivity index (χ1v) is 7.84. The van der Waals surface area contributed by atoms with Crippen molar-refractivity contribution in [2.24, 2.45) is 0 Å². The van der Waals surface area contributed by atoms with Crippen LogP contribution in [0, 0.1) is 24.0 Å². The van der Waals surface area contributed by atoms with Crippen molar-refractivity contribution in [2.45, 2.75) is 20.5 Å². The Morgan fingerprint density at radius 3 is 2.68 bits per heavy atom. The summed E-state index contributed by atoms with van der Waals surface area (Å²) in [7, 11) is 0. The van der Waals surface area contributed by atoms with Gasteiger partial charge in [0.2, 0.25) is 0 Å². The maximum atomic E-state index is 11.9. The van der Waals surface area contributed by atoms with Crippen molar-refractivity contribution >= 4 is 28.3 Å². The molecule has 0 aliphatic carbocycles. The number of nitrogens with zero attached hydrogens (tertiary/aromatic N) is 1. The molecule has 25 heavy (non-hydrogen) atoms. The fraction of sp³-hybridized carbons (Fsp3) is 0.167. The molecule has 0 saturated carbocycles. The highest BCUT2D eigenvalue weighted by Gasteiger charge is 2.17. The van der Waals surface area contributed by atoms with Crippen LogP contribution in [0.1, 0.15) is 16.7 Å². The number of hydrogen-bond acceptors (Lipinski definition) is 5. The van der Waals surface area contributed by atoms with Gasteiger partial charge in [-0.05, 0) is 37.1 Å². The predicted molar refractivity (Wildman–Crippen MR) is 94.4 cm³/mol. The van der Waals surface area contributed by atoms with Crippen molar-refractivity contribution in [3.63, 3.8) is 0 Å². The minimum Gasteiger partial charge on any atom is -0.482 e. The monoisotopic (exact) mass is 359 g/mol. The van der Waals surface area contributed by atoms with Gasteiger partial charge in [0.15, 0.2) is 5.75 Å². The number of hydrogen-bond donors (Lipinski definition) is 0. The minimum atomic E-state index is -0.563. The molecule has 0 radical (unpaired) electrons. The third-order valence-electron chi connectivity index (χ3n) is 4.02. The van der Waals surface area contributed by atoms with E-state index >= 15 is 0 Å². The zero-order valence-electron chi connectivity index (χ0n) is 13.5. The smallest absolute Gasteiger partial charge is 0.336 e. The molecule has 6 nitrogen and oxygen atoms in total. The number of halogens is 1. The van der Waals surface area contributed by atoms with E-state index in [4.69, 9.17) is 20.8 Å². The van der Waals surface area contributed by atoms with E-state index in [0.29, 0.717) is 11.1 Å². The molecule has 0 N–H and O–H groups in total. The van der Waals surface area contributed by atoms with Crippen molar-refractivity contribution in [3.8, 4) is 5.75 Å². The Balaban J connectivity index is 2.01. The normalized spacial score (nSPS) is 10.8. The molecule has 0 spiro atoms. The Morgan fingerprint density at radius 2 is 1.96 bits per heavy atom. The molecule has 0 aliphatic rings. The summed E-state index contributed by atoms with van der Waals surface area (Å²) in [4.78, 5) is 22.4. The second kappa shape index (κ2) is 6.57. The molecule has 1 aromatic heterocycles. The summed E-state index contributed by atoms with van der Waals surface area (Å²) >= 11 is 5.80. The summed E-state index contributed by atoms with van der Waals surface area (Å²) < 4.78 is 10.9. The van der Waals surface area contributed by atoms with Gasteiger partial charge in [-0.3, -0.25) is 10.1 Å². The quantitative estimate of drug-likeness (QED) is 0.387. The Morgan fingerprint density at radius 1 is 1.20 bits per heavy atom. The summed E-state index contributed by atoms with van der Waals surface area (Å²) in [5, 5.41) is 12.1. The maximum absolute atomic E-state index is 11.9. The van der Waals surface area contributed by atoms with Gasteiger partial charge in [0.05, 0.1) is 4.92 Å². The molecule has 3 aromatic rings. The highest BCUT2D eigenvalue weighted by molar-refractivity contribution is 6.30. The number of ether oxygens (including phenoxy) is 1. The molecule has 0 unspecified atom stereocenters. The molecule has 0 fully saturated rings. The summed E-state index contributed by atoms with van der Waals surface area (Å²) in [5.41, 5.74) is 2.24. The van der Waals surface area contributed by atoms with Crippen LogP contribution in [0.4, 0.5) is 5.69 Å². The maximum Gasteiger partial charge on any atom is 0.336 e. The lowest BCUT2D eigenvalue weighted by Crippen LogP contribution is -2.06. The number of aryl methyl sites for hydroxylation is 2. The first kappa shape index (κ1) is 17.0. The third-order valence-corrected chi connectivity index (χ3v) is 4.25. The van der Waals surface area contributed by atoms with E-state index in [1.807, 2.05) is 26.0 Å². The van der Waals surface area contributed by atoms with Crippen LogP contribution >= 0.6 is 11.6 Å². The van der Waals surface area contributed by atoms with Gasteiger partial charge in [-0.2, -0.15) is 0 Å². The van der Waals surface area contributed by atoms with Crippen LogP contribution in [0.25, 0.3) is 11.0 Å². The largest absolute Gasteiger partial charge is 0.482 e. The average Bonchev–Trinajstić information content (AvgIpc) is 2.57. The lowest BCUT2D eigenvalue weighted by Gasteiger charge is -2.10. The van der Waals surface area contributed by atoms with Gasteiger partial charge < -0.3 is 9.15 Å². The van der Waals surface area contributed by atoms with Crippen molar-refractivity contribution in [1.82, 2.24) is 0 Å². The number of nitro benzene ring substituents is 1. The number of nitro groups is 1. The molecule has 2 aromatic carbocycles. The highest BCUT2D eigenvalue weighted by atomic mass is 35.5. The third kappa shape index (κ3) is 3.34. The van der Waals surface area contributed by atoms with Crippen LogP contribution in [-0.2, 0) is 6.61 Å². The zero-order valence-corrected chi connectivity index (χ0v) is 14.3. The lowest BCUT2D eigenvalue weighted by atomic mass is 10.0. The van der Waals surface area contributed by atoms with E-state index in [1.54, 1.807) is 0 Å². The number of fused-ring (bicyclic) bond motifs is 1. The lowest BCUT2D eigenvalue weighted by molar-refractivity contribution is -0.385. The van der Waals surface area contributed by atoms with Gasteiger partial charge in [0.1, 0.15) is 12.2 Å². The van der Waals surface area contributed by atoms with Gasteiger partial charge in [-0.15, -0.1) is 0 Å². The number of rotatable bonds is 4. The van der Waals surface area contributed by atoms with Gasteiger partial charge in [0, 0.05) is 28.1 Å². The van der Waals surface area contributed by atoms with E-state index in [9.17, 15) is 14.9 Å². The highest BCUT2D eigenvalue weighted by Crippen LogP contribution is 2.31. The Kier molecular flexibility index (Phi) is 4.46. The van der Waals surface area contributed by atoms with Crippen molar-refractivity contribution in [3.05, 3.63) is 78.6 Å². The molecule has 1 heterocycles. The van der Waals surface area contributed by atoms with E-state index < -0.39 is 10.5 Å². The topological polar surface area (TPSA) is 82.6 Å². The van der Waals surface area contributed by atoms with Crippen molar-refractivity contribution < 1.29 is 14.1 Å². The van der Waals surface area contributed by atoms with Crippen LogP contribution in [0.15, 0.2) is 45.6 Å². The SMILES string of the molecule is Cc1ccc2c(COc3ccc(Cl)cc3[N+](=O)[O-])cc(=O)oc2c1C. The fourth-order valence-electron chi connectivity index (χ4n) is 2.55. The summed E-state index contributed by atoms with van der Waals surface area (Å²) in [6, 6.07) is 9.26. The van der Waals surface area contributed by atoms with Crippen LogP contribution in [0.2, 0.25) is 5.02 Å². The summed E-state index contributed by atoms with van der Waals surface area (Å²) in [5.74, 6) is 0.0830. The molecule has 128 valence electrons. The molecule has 0 saturated heterocycles. The zero-order chi connectivity index (χ0) is 18.1. The van der Waals surface area contributed by atoms with Crippen molar-refractivity contribution in [1.29, 1.82) is 0 Å². The van der Waals surface area contributed by atoms with Crippen LogP contribution in [0.3, 0.4) is 0 Å². The van der Waals surface area contributed by atoms with Crippen molar-refractivity contribution in [2.75, 3.05) is 0 Å². The number of benzene rings is 2. The van der Waals surface area contributed by atoms with E-state index in [-0.39, 0.29) is 23.1 Å². The minimum absolute atomic E-state index is 0.00687. The van der Waals surface area contributed by atoms with Gasteiger partial charge in [-0.25, -0.2) is 4.79 Å². The molecule has 3 rings (SSSR count). The Labute approximate surface area is 147 Å². The second-order valence-corrected chi connectivity index (χ2v) is 6.07. The first-order chi connectivity index (χ1) is 11.9. The standard InChI is InChI=1S/C18H14ClNO5/c1-10-3-5-14-12(7-17(21)25-18(14)11(10)2)9-24-16-6-4-13(19)8-15(16)20(22)23/h3-8H,9H2,1-2H3. The molecule has 0 bridgehead atoms. The summed E-state index contributed by atoms with van der Waals surface area (Å²) in [6.45, 7) is 3.79. The summed E-state index contributed by atoms with van der Waals surface area (Å²) in [6.07, 6.45) is 0. The van der Waals surface area contributed by atoms with E-state index in [1.165, 1.54) is 24.3 Å². The van der Waals surface area contributed by atoms with E-state index in [2.05, 4.69) is 0 Å². The van der Waals surface area contributed by atoms with Crippen LogP contribution in [-0.4, -0.2) is 4.92 Å². The van der Waals surface area contributed by atoms with Gasteiger partial charge in [-0.1, -0.05) is 23.7 Å². The average molecular weight is 360 g/mol. The molecular formula is C18H14ClNO5. The van der Waals surface area contributed by atoms with Crippen LogP contribution < -0.4 is 10.4 Å². The molecular weight excluding hydrogens is 346 g/mol. The molecule has 7 heteroatoms. The fourth-order valence-corrected chi connectivity index (χ4v) is 2.72. The predicted octanol–water partition coefficient (Wildman–Crippen LogP) is 4.55. The van der Waals surface area contributed by atoms with E-state index in [0.717, 1.165) is 16.5 Å². The van der Waals surface area contributed by atoms with Gasteiger partial charge in [0.25, 0.3) is 0 Å². The molecule has 0 atom stereocenters. The first-order valence-electron chi connectivity index (χ1n) is 7.46. The molecule has 0 amide bonds. The second-order valence-electron chi connectivity index (χ2n) is 5.63. The Bertz CT molecular complexity index is 1040.